The number of anilines is 1. The van der Waals surface area contributed by atoms with Gasteiger partial charge in [0.15, 0.2) is 0 Å². The predicted molar refractivity (Wildman–Crippen MR) is 77.2 cm³/mol. The second-order valence-electron chi connectivity index (χ2n) is 4.40. The van der Waals surface area contributed by atoms with Crippen LogP contribution >= 0.6 is 15.9 Å². The van der Waals surface area contributed by atoms with Crippen LogP contribution < -0.4 is 11.1 Å². The summed E-state index contributed by atoms with van der Waals surface area (Å²) in [5.74, 6) is -1.31. The zero-order chi connectivity index (χ0) is 14.6. The van der Waals surface area contributed by atoms with Gasteiger partial charge in [0.05, 0.1) is 17.3 Å². The molecule has 1 aromatic rings. The van der Waals surface area contributed by atoms with Gasteiger partial charge in [-0.15, -0.1) is 0 Å². The van der Waals surface area contributed by atoms with Gasteiger partial charge >= 0.3 is 5.97 Å². The third-order valence-electron chi connectivity index (χ3n) is 3.03. The lowest BCUT2D eigenvalue weighted by atomic mass is 9.99. The monoisotopic (exact) mass is 328 g/mol. The van der Waals surface area contributed by atoms with Crippen LogP contribution in [0.25, 0.3) is 0 Å². The van der Waals surface area contributed by atoms with Crippen LogP contribution in [0, 0.1) is 5.92 Å². The molecule has 0 aliphatic rings. The van der Waals surface area contributed by atoms with E-state index in [9.17, 15) is 9.59 Å². The molecule has 2 atom stereocenters. The van der Waals surface area contributed by atoms with Crippen LogP contribution in [0.15, 0.2) is 22.7 Å². The Morgan fingerprint density at radius 3 is 2.63 bits per heavy atom. The molecule has 4 N–H and O–H groups in total. The molecule has 6 heteroatoms. The van der Waals surface area contributed by atoms with Gasteiger partial charge in [-0.25, -0.2) is 4.79 Å². The molecule has 0 spiro atoms. The van der Waals surface area contributed by atoms with Crippen molar-refractivity contribution >= 4 is 33.5 Å². The Morgan fingerprint density at radius 1 is 1.47 bits per heavy atom. The second-order valence-corrected chi connectivity index (χ2v) is 5.25. The van der Waals surface area contributed by atoms with Gasteiger partial charge in [0.25, 0.3) is 0 Å². The second kappa shape index (κ2) is 6.68. The van der Waals surface area contributed by atoms with E-state index >= 15 is 0 Å². The van der Waals surface area contributed by atoms with Gasteiger partial charge in [-0.3, -0.25) is 4.79 Å². The van der Waals surface area contributed by atoms with Crippen molar-refractivity contribution in [2.24, 2.45) is 11.7 Å². The van der Waals surface area contributed by atoms with Crippen molar-refractivity contribution in [2.45, 2.75) is 26.3 Å². The summed E-state index contributed by atoms with van der Waals surface area (Å²) in [5.41, 5.74) is 6.34. The number of benzene rings is 1. The van der Waals surface area contributed by atoms with Crippen LogP contribution in [0.3, 0.4) is 0 Å². The van der Waals surface area contributed by atoms with Crippen molar-refractivity contribution in [3.8, 4) is 0 Å². The van der Waals surface area contributed by atoms with Crippen LogP contribution in [0.4, 0.5) is 5.69 Å². The van der Waals surface area contributed by atoms with Crippen LogP contribution in [0.5, 0.6) is 0 Å². The topological polar surface area (TPSA) is 92.4 Å². The fourth-order valence-electron chi connectivity index (χ4n) is 1.48. The summed E-state index contributed by atoms with van der Waals surface area (Å²) >= 11 is 3.26. The average Bonchev–Trinajstić information content (AvgIpc) is 2.38. The molecule has 0 aromatic heterocycles. The van der Waals surface area contributed by atoms with Crippen molar-refractivity contribution in [3.63, 3.8) is 0 Å². The first-order valence-electron chi connectivity index (χ1n) is 5.96. The summed E-state index contributed by atoms with van der Waals surface area (Å²) in [6.45, 7) is 3.85. The van der Waals surface area contributed by atoms with E-state index in [0.29, 0.717) is 10.2 Å². The van der Waals surface area contributed by atoms with E-state index in [2.05, 4.69) is 21.2 Å². The zero-order valence-corrected chi connectivity index (χ0v) is 12.4. The van der Waals surface area contributed by atoms with Gasteiger partial charge in [0, 0.05) is 4.47 Å². The van der Waals surface area contributed by atoms with E-state index in [4.69, 9.17) is 10.8 Å². The van der Waals surface area contributed by atoms with Gasteiger partial charge in [-0.1, -0.05) is 20.3 Å². The number of nitrogens with two attached hydrogens (primary N) is 1. The van der Waals surface area contributed by atoms with Crippen LogP contribution in [-0.2, 0) is 4.79 Å². The first kappa shape index (κ1) is 15.7. The Balaban J connectivity index is 2.90. The standard InChI is InChI=1S/C13H17BrN2O3/c1-3-7(2)11(15)12(17)16-10-6-8(13(18)19)4-5-9(10)14/h4-7,11H,3,15H2,1-2H3,(H,16,17)(H,18,19)/t7-,11-/m0/s1. The molecule has 0 aliphatic carbocycles. The summed E-state index contributed by atoms with van der Waals surface area (Å²) in [6.07, 6.45) is 0.797. The lowest BCUT2D eigenvalue weighted by molar-refractivity contribution is -0.118. The van der Waals surface area contributed by atoms with Crippen LogP contribution in [-0.4, -0.2) is 23.0 Å². The minimum absolute atomic E-state index is 0.0569. The lowest BCUT2D eigenvalue weighted by Crippen LogP contribution is -2.40. The maximum atomic E-state index is 11.9. The minimum atomic E-state index is -1.05. The molecular formula is C13H17BrN2O3. The Hall–Kier alpha value is -1.40. The molecule has 19 heavy (non-hydrogen) atoms. The zero-order valence-electron chi connectivity index (χ0n) is 10.8. The maximum absolute atomic E-state index is 11.9. The molecule has 1 amide bonds. The molecular weight excluding hydrogens is 312 g/mol. The Morgan fingerprint density at radius 2 is 2.11 bits per heavy atom. The van der Waals surface area contributed by atoms with Crippen molar-refractivity contribution in [1.29, 1.82) is 0 Å². The van der Waals surface area contributed by atoms with Crippen molar-refractivity contribution in [1.82, 2.24) is 0 Å². The number of aromatic carboxylic acids is 1. The molecule has 0 aliphatic heterocycles. The molecule has 0 bridgehead atoms. The number of hydrogen-bond donors (Lipinski definition) is 3. The van der Waals surface area contributed by atoms with Crippen molar-refractivity contribution in [2.75, 3.05) is 5.32 Å². The molecule has 1 aromatic carbocycles. The fourth-order valence-corrected chi connectivity index (χ4v) is 1.83. The summed E-state index contributed by atoms with van der Waals surface area (Å²) in [5, 5.41) is 11.6. The summed E-state index contributed by atoms with van der Waals surface area (Å²) < 4.78 is 0.613. The fraction of sp³-hybridized carbons (Fsp3) is 0.385. The van der Waals surface area contributed by atoms with Crippen molar-refractivity contribution in [3.05, 3.63) is 28.2 Å². The largest absolute Gasteiger partial charge is 0.478 e. The first-order valence-corrected chi connectivity index (χ1v) is 6.75. The number of hydrogen-bond acceptors (Lipinski definition) is 3. The number of halogens is 1. The molecule has 0 radical (unpaired) electrons. The number of rotatable bonds is 5. The smallest absolute Gasteiger partial charge is 0.335 e. The van der Waals surface area contributed by atoms with E-state index in [1.54, 1.807) is 6.07 Å². The van der Waals surface area contributed by atoms with Gasteiger partial charge in [0.2, 0.25) is 5.91 Å². The first-order chi connectivity index (χ1) is 8.86. The predicted octanol–water partition coefficient (Wildman–Crippen LogP) is 2.46. The number of carboxylic acids is 1. The highest BCUT2D eigenvalue weighted by Gasteiger charge is 2.20. The Kier molecular flexibility index (Phi) is 5.50. The number of carbonyl (C=O) groups excluding carboxylic acids is 1. The maximum Gasteiger partial charge on any atom is 0.335 e. The highest BCUT2D eigenvalue weighted by Crippen LogP contribution is 2.24. The number of nitrogens with one attached hydrogen (secondary N) is 1. The third kappa shape index (κ3) is 4.04. The molecule has 0 unspecified atom stereocenters. The van der Waals surface area contributed by atoms with Crippen LogP contribution in [0.1, 0.15) is 30.6 Å². The van der Waals surface area contributed by atoms with Gasteiger partial charge in [0.1, 0.15) is 0 Å². The van der Waals surface area contributed by atoms with E-state index < -0.39 is 12.0 Å². The Labute approximate surface area is 120 Å². The third-order valence-corrected chi connectivity index (χ3v) is 3.72. The van der Waals surface area contributed by atoms with E-state index in [-0.39, 0.29) is 17.4 Å². The molecule has 1 rings (SSSR count). The summed E-state index contributed by atoms with van der Waals surface area (Å²) in [4.78, 5) is 22.8. The molecule has 104 valence electrons. The van der Waals surface area contributed by atoms with Crippen LogP contribution in [0.2, 0.25) is 0 Å². The lowest BCUT2D eigenvalue weighted by Gasteiger charge is -2.18. The van der Waals surface area contributed by atoms with E-state index in [1.807, 2.05) is 13.8 Å². The average molecular weight is 329 g/mol. The van der Waals surface area contributed by atoms with Crippen molar-refractivity contribution < 1.29 is 14.7 Å². The number of carbonyl (C=O) groups is 2. The SMILES string of the molecule is CC[C@H](C)[C@H](N)C(=O)Nc1cc(C(=O)O)ccc1Br. The van der Waals surface area contributed by atoms with Gasteiger partial charge in [-0.05, 0) is 40.0 Å². The Bertz CT molecular complexity index is 491. The highest BCUT2D eigenvalue weighted by atomic mass is 79.9. The molecule has 0 fully saturated rings. The molecule has 0 saturated heterocycles. The van der Waals surface area contributed by atoms with Gasteiger partial charge < -0.3 is 16.2 Å². The van der Waals surface area contributed by atoms with E-state index in [1.165, 1.54) is 12.1 Å². The quantitative estimate of drug-likeness (QED) is 0.774. The van der Waals surface area contributed by atoms with Gasteiger partial charge in [-0.2, -0.15) is 0 Å². The number of carboxylic acid groups (broad SMARTS) is 1. The van der Waals surface area contributed by atoms with E-state index in [0.717, 1.165) is 6.42 Å². The summed E-state index contributed by atoms with van der Waals surface area (Å²) in [6, 6.07) is 3.81. The number of amides is 1. The summed E-state index contributed by atoms with van der Waals surface area (Å²) in [7, 11) is 0. The minimum Gasteiger partial charge on any atom is -0.478 e. The molecule has 5 nitrogen and oxygen atoms in total. The molecule has 0 heterocycles. The molecule has 0 saturated carbocycles. The normalized spacial score (nSPS) is 13.7. The highest BCUT2D eigenvalue weighted by molar-refractivity contribution is 9.10.